The fourth-order valence-corrected chi connectivity index (χ4v) is 5.15. The molecule has 0 spiro atoms. The zero-order chi connectivity index (χ0) is 23.2. The van der Waals surface area contributed by atoms with Gasteiger partial charge in [-0.2, -0.15) is 0 Å². The number of carbonyl (C=O) groups excluding carboxylic acids is 2. The van der Waals surface area contributed by atoms with Crippen molar-refractivity contribution in [1.29, 1.82) is 0 Å². The number of rotatable bonds is 5. The molecule has 1 N–H and O–H groups in total. The minimum Gasteiger partial charge on any atom is -0.350 e. The van der Waals surface area contributed by atoms with Crippen molar-refractivity contribution in [3.05, 3.63) is 94.5 Å². The van der Waals surface area contributed by atoms with Crippen molar-refractivity contribution in [3.8, 4) is 0 Å². The average molecular weight is 466 g/mol. The van der Waals surface area contributed by atoms with Gasteiger partial charge in [0.15, 0.2) is 0 Å². The van der Waals surface area contributed by atoms with Gasteiger partial charge < -0.3 is 14.8 Å². The Balaban J connectivity index is 1.49. The monoisotopic (exact) mass is 465 g/mol. The van der Waals surface area contributed by atoms with E-state index in [0.29, 0.717) is 5.69 Å². The topological polar surface area (TPSA) is 54.3 Å². The standard InChI is InChI=1S/C25H21F2N3O2S/c1-25(24(32)28-13-16-2-6-19(26)7-3-16)15-29-21(12-18-10-11-33-23(18)29)22(31)30(25)14-17-4-8-20(27)9-5-17/h2-12H,13-15H2,1H3,(H,28,32)/t25-/m1/s1. The first kappa shape index (κ1) is 21.3. The number of benzene rings is 2. The zero-order valence-corrected chi connectivity index (χ0v) is 18.7. The van der Waals surface area contributed by atoms with E-state index < -0.39 is 5.54 Å². The van der Waals surface area contributed by atoms with Crippen LogP contribution in [0.1, 0.15) is 28.5 Å². The number of aromatic nitrogens is 1. The molecule has 1 aliphatic heterocycles. The molecule has 1 atom stereocenters. The van der Waals surface area contributed by atoms with Gasteiger partial charge in [-0.1, -0.05) is 24.3 Å². The van der Waals surface area contributed by atoms with E-state index in [0.717, 1.165) is 21.3 Å². The highest BCUT2D eigenvalue weighted by atomic mass is 32.1. The van der Waals surface area contributed by atoms with E-state index >= 15 is 0 Å². The third kappa shape index (κ3) is 3.80. The van der Waals surface area contributed by atoms with Gasteiger partial charge in [-0.05, 0) is 59.8 Å². The molecule has 0 aliphatic carbocycles. The molecule has 2 amide bonds. The predicted octanol–water partition coefficient (Wildman–Crippen LogP) is 4.71. The molecule has 0 saturated heterocycles. The first-order chi connectivity index (χ1) is 15.8. The van der Waals surface area contributed by atoms with Gasteiger partial charge >= 0.3 is 0 Å². The summed E-state index contributed by atoms with van der Waals surface area (Å²) in [5.41, 5.74) is 0.823. The van der Waals surface area contributed by atoms with Gasteiger partial charge in [-0.25, -0.2) is 8.78 Å². The summed E-state index contributed by atoms with van der Waals surface area (Å²) in [5, 5.41) is 5.83. The van der Waals surface area contributed by atoms with Gasteiger partial charge in [0.05, 0.1) is 6.54 Å². The second kappa shape index (κ2) is 8.12. The van der Waals surface area contributed by atoms with Crippen LogP contribution < -0.4 is 5.32 Å². The highest BCUT2D eigenvalue weighted by Gasteiger charge is 2.47. The van der Waals surface area contributed by atoms with E-state index in [9.17, 15) is 18.4 Å². The molecule has 3 heterocycles. The van der Waals surface area contributed by atoms with Crippen LogP contribution in [-0.2, 0) is 24.4 Å². The average Bonchev–Trinajstić information content (AvgIpc) is 3.40. The highest BCUT2D eigenvalue weighted by Crippen LogP contribution is 2.35. The molecule has 0 radical (unpaired) electrons. The Labute approximate surface area is 193 Å². The lowest BCUT2D eigenvalue weighted by Gasteiger charge is -2.44. The number of carbonyl (C=O) groups is 2. The SMILES string of the molecule is C[C@]1(C(=O)NCc2ccc(F)cc2)Cn2c(cc3ccsc32)C(=O)N1Cc1ccc(F)cc1. The number of amides is 2. The number of hydrogen-bond donors (Lipinski definition) is 1. The van der Waals surface area contributed by atoms with Crippen molar-refractivity contribution in [1.82, 2.24) is 14.8 Å². The van der Waals surface area contributed by atoms with Crippen LogP contribution in [0.25, 0.3) is 10.2 Å². The highest BCUT2D eigenvalue weighted by molar-refractivity contribution is 7.16. The van der Waals surface area contributed by atoms with Crippen LogP contribution in [-0.4, -0.2) is 26.8 Å². The lowest BCUT2D eigenvalue weighted by atomic mass is 9.93. The molecule has 5 rings (SSSR count). The Morgan fingerprint density at radius 2 is 1.67 bits per heavy atom. The first-order valence-corrected chi connectivity index (χ1v) is 11.4. The third-order valence-corrected chi connectivity index (χ3v) is 7.09. The van der Waals surface area contributed by atoms with E-state index in [1.54, 1.807) is 36.1 Å². The van der Waals surface area contributed by atoms with Gasteiger partial charge in [-0.15, -0.1) is 11.3 Å². The van der Waals surface area contributed by atoms with Crippen molar-refractivity contribution >= 4 is 33.4 Å². The minimum absolute atomic E-state index is 0.165. The largest absolute Gasteiger partial charge is 0.350 e. The molecule has 5 nitrogen and oxygen atoms in total. The molecule has 2 aromatic carbocycles. The normalized spacial score (nSPS) is 17.9. The maximum Gasteiger partial charge on any atom is 0.271 e. The first-order valence-electron chi connectivity index (χ1n) is 10.5. The molecule has 8 heteroatoms. The smallest absolute Gasteiger partial charge is 0.271 e. The molecular weight excluding hydrogens is 444 g/mol. The fourth-order valence-electron chi connectivity index (χ4n) is 4.25. The second-order valence-electron chi connectivity index (χ2n) is 8.40. The Kier molecular flexibility index (Phi) is 5.25. The summed E-state index contributed by atoms with van der Waals surface area (Å²) in [7, 11) is 0. The van der Waals surface area contributed by atoms with Crippen LogP contribution in [0.4, 0.5) is 8.78 Å². The van der Waals surface area contributed by atoms with Crippen molar-refractivity contribution in [2.45, 2.75) is 32.1 Å². The Hall–Kier alpha value is -3.52. The van der Waals surface area contributed by atoms with Gasteiger partial charge in [0.25, 0.3) is 5.91 Å². The maximum atomic E-state index is 13.6. The number of hydrogen-bond acceptors (Lipinski definition) is 3. The van der Waals surface area contributed by atoms with Gasteiger partial charge in [0.2, 0.25) is 5.91 Å². The van der Waals surface area contributed by atoms with Crippen LogP contribution in [0.3, 0.4) is 0 Å². The molecule has 0 fully saturated rings. The molecule has 0 unspecified atom stereocenters. The molecule has 168 valence electrons. The summed E-state index contributed by atoms with van der Waals surface area (Å²) in [4.78, 5) is 29.6. The maximum absolute atomic E-state index is 13.6. The number of halogens is 2. The summed E-state index contributed by atoms with van der Waals surface area (Å²) >= 11 is 1.52. The van der Waals surface area contributed by atoms with Crippen LogP contribution in [0, 0.1) is 11.6 Å². The van der Waals surface area contributed by atoms with Gasteiger partial charge in [-0.3, -0.25) is 9.59 Å². The quantitative estimate of drug-likeness (QED) is 0.464. The van der Waals surface area contributed by atoms with E-state index in [1.807, 2.05) is 22.1 Å². The summed E-state index contributed by atoms with van der Waals surface area (Å²) in [6.45, 7) is 2.41. The van der Waals surface area contributed by atoms with Crippen LogP contribution in [0.15, 0.2) is 66.0 Å². The summed E-state index contributed by atoms with van der Waals surface area (Å²) < 4.78 is 28.5. The number of fused-ring (bicyclic) bond motifs is 3. The van der Waals surface area contributed by atoms with Crippen LogP contribution in [0.2, 0.25) is 0 Å². The number of thiophene rings is 1. The van der Waals surface area contributed by atoms with Crippen molar-refractivity contribution in [2.24, 2.45) is 0 Å². The third-order valence-electron chi connectivity index (χ3n) is 6.14. The second-order valence-corrected chi connectivity index (χ2v) is 9.29. The molecule has 0 bridgehead atoms. The van der Waals surface area contributed by atoms with Crippen LogP contribution in [0.5, 0.6) is 0 Å². The number of nitrogens with one attached hydrogen (secondary N) is 1. The van der Waals surface area contributed by atoms with Gasteiger partial charge in [0, 0.05) is 18.5 Å². The predicted molar refractivity (Wildman–Crippen MR) is 123 cm³/mol. The van der Waals surface area contributed by atoms with Crippen LogP contribution >= 0.6 is 11.3 Å². The van der Waals surface area contributed by atoms with Crippen molar-refractivity contribution in [2.75, 3.05) is 0 Å². The Morgan fingerprint density at radius 3 is 2.33 bits per heavy atom. The molecular formula is C25H21F2N3O2S. The summed E-state index contributed by atoms with van der Waals surface area (Å²) in [5.74, 6) is -1.28. The molecule has 2 aromatic heterocycles. The zero-order valence-electron chi connectivity index (χ0n) is 17.8. The lowest BCUT2D eigenvalue weighted by molar-refractivity contribution is -0.133. The summed E-state index contributed by atoms with van der Waals surface area (Å²) in [6, 6.07) is 15.6. The Bertz CT molecular complexity index is 1340. The van der Waals surface area contributed by atoms with Gasteiger partial charge in [0.1, 0.15) is 27.7 Å². The van der Waals surface area contributed by atoms with E-state index in [4.69, 9.17) is 0 Å². The minimum atomic E-state index is -1.19. The number of nitrogens with zero attached hydrogens (tertiary/aromatic N) is 2. The lowest BCUT2D eigenvalue weighted by Crippen LogP contribution is -2.63. The molecule has 4 aromatic rings. The van der Waals surface area contributed by atoms with Crippen molar-refractivity contribution < 1.29 is 18.4 Å². The Morgan fingerprint density at radius 1 is 1.03 bits per heavy atom. The summed E-state index contributed by atoms with van der Waals surface area (Å²) in [6.07, 6.45) is 0. The van der Waals surface area contributed by atoms with Crippen molar-refractivity contribution in [3.63, 3.8) is 0 Å². The fraction of sp³-hybridized carbons (Fsp3) is 0.200. The molecule has 1 aliphatic rings. The van der Waals surface area contributed by atoms with E-state index in [2.05, 4.69) is 5.32 Å². The van der Waals surface area contributed by atoms with E-state index in [-0.39, 0.29) is 43.1 Å². The molecule has 0 saturated carbocycles. The molecule has 33 heavy (non-hydrogen) atoms. The van der Waals surface area contributed by atoms with E-state index in [1.165, 1.54) is 35.6 Å².